The number of imide groups is 1. The van der Waals surface area contributed by atoms with Gasteiger partial charge in [0.2, 0.25) is 0 Å². The van der Waals surface area contributed by atoms with E-state index < -0.39 is 34.7 Å². The first-order chi connectivity index (χ1) is 14.1. The van der Waals surface area contributed by atoms with Gasteiger partial charge in [-0.15, -0.1) is 0 Å². The molecule has 1 aromatic heterocycles. The van der Waals surface area contributed by atoms with Crippen LogP contribution >= 0.6 is 0 Å². The number of nitrogens with zero attached hydrogens (tertiary/aromatic N) is 1. The van der Waals surface area contributed by atoms with Crippen molar-refractivity contribution >= 4 is 22.9 Å². The Balaban J connectivity index is 1.77. The summed E-state index contributed by atoms with van der Waals surface area (Å²) in [6, 6.07) is 6.77. The fourth-order valence-corrected chi connectivity index (χ4v) is 3.73. The number of benzene rings is 2. The molecule has 1 N–H and O–H groups in total. The Morgan fingerprint density at radius 2 is 1.80 bits per heavy atom. The third-order valence-corrected chi connectivity index (χ3v) is 5.59. The van der Waals surface area contributed by atoms with Gasteiger partial charge in [0.25, 0.3) is 5.91 Å². The highest BCUT2D eigenvalue weighted by Gasteiger charge is 2.50. The Bertz CT molecular complexity index is 1280. The smallest absolute Gasteiger partial charge is 0.336 e. The van der Waals surface area contributed by atoms with E-state index in [0.717, 1.165) is 34.2 Å². The fraction of sp³-hybridized carbons (Fsp3) is 0.227. The standard InChI is InChI=1S/C22H18F2N2O4/c1-11-4-6-15-13(8-18(27)30-19(15)12(11)2)10-26-20(28)22(3,25-21(26)29)16-9-14(23)5-7-17(16)24/h4-9H,10H2,1-3H3,(H,25,29)/t22-/m1/s1. The van der Waals surface area contributed by atoms with Crippen molar-refractivity contribution in [3.05, 3.63) is 80.7 Å². The zero-order chi connectivity index (χ0) is 21.8. The summed E-state index contributed by atoms with van der Waals surface area (Å²) in [6.45, 7) is 4.78. The lowest BCUT2D eigenvalue weighted by Gasteiger charge is -2.23. The molecule has 0 radical (unpaired) electrons. The second-order valence-corrected chi connectivity index (χ2v) is 7.55. The number of aryl methyl sites for hydroxylation is 2. The molecule has 3 amide bonds. The van der Waals surface area contributed by atoms with Crippen molar-refractivity contribution in [1.29, 1.82) is 0 Å². The summed E-state index contributed by atoms with van der Waals surface area (Å²) in [6.07, 6.45) is 0. The molecule has 30 heavy (non-hydrogen) atoms. The maximum absolute atomic E-state index is 14.3. The first-order valence-corrected chi connectivity index (χ1v) is 9.24. The average Bonchev–Trinajstić information content (AvgIpc) is 2.90. The van der Waals surface area contributed by atoms with Gasteiger partial charge >= 0.3 is 11.7 Å². The van der Waals surface area contributed by atoms with Crippen LogP contribution in [0.2, 0.25) is 0 Å². The molecule has 0 saturated carbocycles. The molecule has 0 unspecified atom stereocenters. The topological polar surface area (TPSA) is 79.6 Å². The monoisotopic (exact) mass is 412 g/mol. The summed E-state index contributed by atoms with van der Waals surface area (Å²) in [4.78, 5) is 38.6. The number of fused-ring (bicyclic) bond motifs is 1. The van der Waals surface area contributed by atoms with Crippen LogP contribution in [0.1, 0.15) is 29.2 Å². The zero-order valence-electron chi connectivity index (χ0n) is 16.5. The summed E-state index contributed by atoms with van der Waals surface area (Å²) in [5.41, 5.74) is -0.169. The number of carbonyl (C=O) groups is 2. The van der Waals surface area contributed by atoms with Crippen LogP contribution in [0.5, 0.6) is 0 Å². The predicted molar refractivity (Wildman–Crippen MR) is 105 cm³/mol. The van der Waals surface area contributed by atoms with E-state index in [9.17, 15) is 23.2 Å². The van der Waals surface area contributed by atoms with Crippen LogP contribution in [0.15, 0.2) is 45.6 Å². The van der Waals surface area contributed by atoms with Crippen molar-refractivity contribution in [2.24, 2.45) is 0 Å². The maximum atomic E-state index is 14.3. The van der Waals surface area contributed by atoms with E-state index in [1.807, 2.05) is 19.9 Å². The Morgan fingerprint density at radius 1 is 1.07 bits per heavy atom. The van der Waals surface area contributed by atoms with Crippen LogP contribution in [0.4, 0.5) is 13.6 Å². The molecular weight excluding hydrogens is 394 g/mol. The van der Waals surface area contributed by atoms with Gasteiger partial charge in [-0.25, -0.2) is 18.4 Å². The zero-order valence-corrected chi connectivity index (χ0v) is 16.5. The van der Waals surface area contributed by atoms with Crippen molar-refractivity contribution in [3.8, 4) is 0 Å². The molecule has 2 aromatic carbocycles. The number of halogens is 2. The summed E-state index contributed by atoms with van der Waals surface area (Å²) in [7, 11) is 0. The number of urea groups is 1. The molecule has 0 bridgehead atoms. The molecule has 4 rings (SSSR count). The number of rotatable bonds is 3. The lowest BCUT2D eigenvalue weighted by Crippen LogP contribution is -2.41. The normalized spacial score (nSPS) is 18.9. The fourth-order valence-electron chi connectivity index (χ4n) is 3.73. The summed E-state index contributed by atoms with van der Waals surface area (Å²) < 4.78 is 33.3. The lowest BCUT2D eigenvalue weighted by molar-refractivity contribution is -0.131. The van der Waals surface area contributed by atoms with Crippen LogP contribution < -0.4 is 10.9 Å². The first-order valence-electron chi connectivity index (χ1n) is 9.24. The maximum Gasteiger partial charge on any atom is 0.336 e. The number of hydrogen-bond acceptors (Lipinski definition) is 4. The molecule has 0 aliphatic carbocycles. The second-order valence-electron chi connectivity index (χ2n) is 7.55. The van der Waals surface area contributed by atoms with Crippen LogP contribution in [-0.4, -0.2) is 16.8 Å². The second kappa shape index (κ2) is 6.76. The van der Waals surface area contributed by atoms with E-state index in [-0.39, 0.29) is 12.1 Å². The van der Waals surface area contributed by atoms with Gasteiger partial charge < -0.3 is 9.73 Å². The van der Waals surface area contributed by atoms with Gasteiger partial charge in [-0.2, -0.15) is 0 Å². The summed E-state index contributed by atoms with van der Waals surface area (Å²) in [5, 5.41) is 3.03. The van der Waals surface area contributed by atoms with Crippen molar-refractivity contribution in [2.75, 3.05) is 0 Å². The minimum Gasteiger partial charge on any atom is -0.422 e. The van der Waals surface area contributed by atoms with Crippen molar-refractivity contribution in [3.63, 3.8) is 0 Å². The SMILES string of the molecule is Cc1ccc2c(CN3C(=O)N[C@](C)(c4cc(F)ccc4F)C3=O)cc(=O)oc2c1C. The number of carbonyl (C=O) groups excluding carboxylic acids is 2. The largest absolute Gasteiger partial charge is 0.422 e. The predicted octanol–water partition coefficient (Wildman–Crippen LogP) is 3.66. The quantitative estimate of drug-likeness (QED) is 0.526. The van der Waals surface area contributed by atoms with Gasteiger partial charge in [0.05, 0.1) is 6.54 Å². The summed E-state index contributed by atoms with van der Waals surface area (Å²) in [5.74, 6) is -2.29. The first kappa shape index (κ1) is 19.8. The molecule has 1 aliphatic rings. The molecule has 1 aliphatic heterocycles. The molecule has 154 valence electrons. The van der Waals surface area contributed by atoms with Gasteiger partial charge in [-0.1, -0.05) is 12.1 Å². The van der Waals surface area contributed by atoms with Crippen molar-refractivity contribution in [2.45, 2.75) is 32.9 Å². The van der Waals surface area contributed by atoms with Crippen LogP contribution in [0.3, 0.4) is 0 Å². The average molecular weight is 412 g/mol. The highest BCUT2D eigenvalue weighted by Crippen LogP contribution is 2.33. The molecule has 1 saturated heterocycles. The Morgan fingerprint density at radius 3 is 2.53 bits per heavy atom. The minimum absolute atomic E-state index is 0.220. The van der Waals surface area contributed by atoms with Crippen LogP contribution in [-0.2, 0) is 16.9 Å². The van der Waals surface area contributed by atoms with Crippen molar-refractivity contribution in [1.82, 2.24) is 10.2 Å². The molecule has 2 heterocycles. The Hall–Kier alpha value is -3.55. The lowest BCUT2D eigenvalue weighted by atomic mass is 9.91. The van der Waals surface area contributed by atoms with Gasteiger partial charge in [0.1, 0.15) is 22.8 Å². The summed E-state index contributed by atoms with van der Waals surface area (Å²) >= 11 is 0. The van der Waals surface area contributed by atoms with Crippen LogP contribution in [0, 0.1) is 25.5 Å². The van der Waals surface area contributed by atoms with E-state index in [0.29, 0.717) is 16.5 Å². The van der Waals surface area contributed by atoms with Crippen LogP contribution in [0.25, 0.3) is 11.0 Å². The third kappa shape index (κ3) is 2.96. The minimum atomic E-state index is -1.77. The van der Waals surface area contributed by atoms with E-state index in [1.165, 1.54) is 13.0 Å². The van der Waals surface area contributed by atoms with E-state index in [1.54, 1.807) is 6.07 Å². The molecular formula is C22H18F2N2O4. The van der Waals surface area contributed by atoms with Gasteiger partial charge in [0, 0.05) is 17.0 Å². The van der Waals surface area contributed by atoms with Gasteiger partial charge in [0.15, 0.2) is 0 Å². The van der Waals surface area contributed by atoms with Crippen molar-refractivity contribution < 1.29 is 22.8 Å². The molecule has 3 aromatic rings. The molecule has 6 nitrogen and oxygen atoms in total. The molecule has 1 atom stereocenters. The number of amides is 3. The third-order valence-electron chi connectivity index (χ3n) is 5.59. The van der Waals surface area contributed by atoms with Gasteiger partial charge in [-0.3, -0.25) is 9.69 Å². The van der Waals surface area contributed by atoms with E-state index in [4.69, 9.17) is 4.42 Å². The Kier molecular flexibility index (Phi) is 4.45. The highest BCUT2D eigenvalue weighted by atomic mass is 19.1. The molecule has 0 spiro atoms. The van der Waals surface area contributed by atoms with Gasteiger partial charge in [-0.05, 0) is 55.7 Å². The Labute approximate surface area is 170 Å². The molecule has 1 fully saturated rings. The van der Waals surface area contributed by atoms with E-state index >= 15 is 0 Å². The molecule has 8 heteroatoms. The number of nitrogens with one attached hydrogen (secondary N) is 1. The number of hydrogen-bond donors (Lipinski definition) is 1. The highest BCUT2D eigenvalue weighted by molar-refractivity contribution is 6.07. The van der Waals surface area contributed by atoms with E-state index in [2.05, 4.69) is 5.32 Å².